The molecule has 3 heteroatoms. The number of hydrogen-bond donors (Lipinski definition) is 0. The molecule has 0 atom stereocenters. The maximum atomic E-state index is 6.65. The van der Waals surface area contributed by atoms with Gasteiger partial charge in [-0.1, -0.05) is 121 Å². The topological polar surface area (TPSA) is 16.4 Å². The minimum atomic E-state index is 0.882. The summed E-state index contributed by atoms with van der Waals surface area (Å²) in [6.45, 7) is 0. The standard InChI is InChI=1S/C48H29NOS/c1-3-10-37-31(8-1)16-17-34-28-33(21-25-38(34)37)30-18-22-35(23-19-30)49(36-24-27-41-40-12-5-6-15-45(40)51-46(41)29-36)43-13-7-14-44-47(43)42-26-20-32-9-2-4-11-39(32)48(42)50-44/h1-29H. The summed E-state index contributed by atoms with van der Waals surface area (Å²) in [7, 11) is 0. The molecule has 0 amide bonds. The van der Waals surface area contributed by atoms with Gasteiger partial charge in [-0.05, 0) is 92.7 Å². The normalized spacial score (nSPS) is 11.9. The molecule has 0 spiro atoms. The first-order valence-corrected chi connectivity index (χ1v) is 18.1. The van der Waals surface area contributed by atoms with Crippen molar-refractivity contribution in [2.75, 3.05) is 4.90 Å². The van der Waals surface area contributed by atoms with E-state index in [1.54, 1.807) is 0 Å². The fourth-order valence-corrected chi connectivity index (χ4v) is 9.14. The molecule has 0 aliphatic rings. The lowest BCUT2D eigenvalue weighted by Gasteiger charge is -2.26. The first kappa shape index (κ1) is 28.4. The van der Waals surface area contributed by atoms with Gasteiger partial charge < -0.3 is 9.32 Å². The Kier molecular flexibility index (Phi) is 6.16. The van der Waals surface area contributed by atoms with Gasteiger partial charge >= 0.3 is 0 Å². The molecule has 51 heavy (non-hydrogen) atoms. The number of fused-ring (bicyclic) bond motifs is 11. The Hall–Kier alpha value is -6.42. The SMILES string of the molecule is c1ccc2c(c1)ccc1cc(-c3ccc(N(c4ccc5c(c4)sc4ccccc45)c4cccc5oc6c7ccccc7ccc6c45)cc3)ccc12. The van der Waals surface area contributed by atoms with Crippen molar-refractivity contribution in [3.05, 3.63) is 176 Å². The Bertz CT molecular complexity index is 3150. The van der Waals surface area contributed by atoms with Crippen molar-refractivity contribution in [1.82, 2.24) is 0 Å². The molecule has 0 aliphatic heterocycles. The summed E-state index contributed by atoms with van der Waals surface area (Å²) in [5.74, 6) is 0. The van der Waals surface area contributed by atoms with Gasteiger partial charge in [0.2, 0.25) is 0 Å². The van der Waals surface area contributed by atoms with Crippen LogP contribution in [0.15, 0.2) is 180 Å². The predicted octanol–water partition coefficient (Wildman–Crippen LogP) is 14.6. The average Bonchev–Trinajstić information content (AvgIpc) is 3.77. The van der Waals surface area contributed by atoms with Gasteiger partial charge in [0.15, 0.2) is 0 Å². The molecule has 0 unspecified atom stereocenters. The van der Waals surface area contributed by atoms with Gasteiger partial charge in [0.25, 0.3) is 0 Å². The summed E-state index contributed by atoms with van der Waals surface area (Å²) in [6.07, 6.45) is 0. The largest absolute Gasteiger partial charge is 0.455 e. The zero-order valence-electron chi connectivity index (χ0n) is 27.5. The van der Waals surface area contributed by atoms with E-state index in [0.29, 0.717) is 0 Å². The summed E-state index contributed by atoms with van der Waals surface area (Å²) >= 11 is 1.85. The molecule has 0 N–H and O–H groups in total. The van der Waals surface area contributed by atoms with Gasteiger partial charge in [-0.3, -0.25) is 0 Å². The zero-order chi connectivity index (χ0) is 33.5. The highest BCUT2D eigenvalue weighted by atomic mass is 32.1. The van der Waals surface area contributed by atoms with Gasteiger partial charge in [0.1, 0.15) is 11.2 Å². The van der Waals surface area contributed by atoms with Crippen molar-refractivity contribution in [3.63, 3.8) is 0 Å². The van der Waals surface area contributed by atoms with E-state index < -0.39 is 0 Å². The van der Waals surface area contributed by atoms with E-state index in [4.69, 9.17) is 4.42 Å². The summed E-state index contributed by atoms with van der Waals surface area (Å²) in [5, 5.41) is 12.2. The van der Waals surface area contributed by atoms with Crippen molar-refractivity contribution in [2.45, 2.75) is 0 Å². The van der Waals surface area contributed by atoms with Gasteiger partial charge in [0.05, 0.1) is 11.1 Å². The fourth-order valence-electron chi connectivity index (χ4n) is 8.00. The third-order valence-electron chi connectivity index (χ3n) is 10.4. The second-order valence-electron chi connectivity index (χ2n) is 13.3. The number of hydrogen-bond acceptors (Lipinski definition) is 3. The highest BCUT2D eigenvalue weighted by Gasteiger charge is 2.21. The second kappa shape index (κ2) is 11.0. The summed E-state index contributed by atoms with van der Waals surface area (Å²) in [5.41, 5.74) is 7.49. The number of nitrogens with zero attached hydrogens (tertiary/aromatic N) is 1. The van der Waals surface area contributed by atoms with Crippen LogP contribution in [-0.2, 0) is 0 Å². The smallest absolute Gasteiger partial charge is 0.143 e. The van der Waals surface area contributed by atoms with Crippen molar-refractivity contribution in [3.8, 4) is 11.1 Å². The molecular formula is C48H29NOS. The number of benzene rings is 9. The Balaban J connectivity index is 1.10. The average molecular weight is 668 g/mol. The van der Waals surface area contributed by atoms with Gasteiger partial charge in [0, 0.05) is 42.3 Å². The highest BCUT2D eigenvalue weighted by Crippen LogP contribution is 2.46. The Morgan fingerprint density at radius 2 is 1.02 bits per heavy atom. The quantitative estimate of drug-likeness (QED) is 0.174. The Morgan fingerprint density at radius 1 is 0.392 bits per heavy atom. The van der Waals surface area contributed by atoms with Crippen LogP contribution in [0, 0.1) is 0 Å². The lowest BCUT2D eigenvalue weighted by molar-refractivity contribution is 0.672. The molecule has 11 rings (SSSR count). The monoisotopic (exact) mass is 667 g/mol. The number of thiophene rings is 1. The van der Waals surface area contributed by atoms with Gasteiger partial charge in [-0.2, -0.15) is 0 Å². The van der Waals surface area contributed by atoms with Crippen LogP contribution in [0.25, 0.3) is 85.6 Å². The van der Waals surface area contributed by atoms with Crippen molar-refractivity contribution >= 4 is 103 Å². The minimum absolute atomic E-state index is 0.882. The molecule has 0 saturated carbocycles. The second-order valence-corrected chi connectivity index (χ2v) is 14.4. The zero-order valence-corrected chi connectivity index (χ0v) is 28.3. The number of anilines is 3. The van der Waals surface area contributed by atoms with Crippen LogP contribution in [-0.4, -0.2) is 0 Å². The van der Waals surface area contributed by atoms with E-state index in [0.717, 1.165) is 44.4 Å². The number of rotatable bonds is 4. The molecule has 2 nitrogen and oxygen atoms in total. The molecule has 2 heterocycles. The predicted molar refractivity (Wildman–Crippen MR) is 219 cm³/mol. The minimum Gasteiger partial charge on any atom is -0.455 e. The summed E-state index contributed by atoms with van der Waals surface area (Å²) in [4.78, 5) is 2.40. The van der Waals surface area contributed by atoms with Crippen LogP contribution in [0.5, 0.6) is 0 Å². The van der Waals surface area contributed by atoms with Crippen molar-refractivity contribution in [2.24, 2.45) is 0 Å². The molecule has 0 radical (unpaired) electrons. The van der Waals surface area contributed by atoms with E-state index in [-0.39, 0.29) is 0 Å². The lowest BCUT2D eigenvalue weighted by atomic mass is 9.97. The van der Waals surface area contributed by atoms with Crippen molar-refractivity contribution < 1.29 is 4.42 Å². The van der Waals surface area contributed by atoms with Crippen LogP contribution in [0.3, 0.4) is 0 Å². The first-order chi connectivity index (χ1) is 25.3. The van der Waals surface area contributed by atoms with Crippen LogP contribution < -0.4 is 4.90 Å². The molecule has 238 valence electrons. The molecule has 11 aromatic rings. The third kappa shape index (κ3) is 4.42. The fraction of sp³-hybridized carbons (Fsp3) is 0. The van der Waals surface area contributed by atoms with E-state index >= 15 is 0 Å². The maximum Gasteiger partial charge on any atom is 0.143 e. The summed E-state index contributed by atoms with van der Waals surface area (Å²) in [6, 6.07) is 63.8. The number of furan rings is 1. The molecule has 0 aliphatic carbocycles. The van der Waals surface area contributed by atoms with Crippen LogP contribution in [0.2, 0.25) is 0 Å². The van der Waals surface area contributed by atoms with E-state index in [2.05, 4.69) is 181 Å². The third-order valence-corrected chi connectivity index (χ3v) is 11.6. The van der Waals surface area contributed by atoms with E-state index in [9.17, 15) is 0 Å². The molecule has 0 fully saturated rings. The molecular weight excluding hydrogens is 639 g/mol. The maximum absolute atomic E-state index is 6.65. The van der Waals surface area contributed by atoms with E-state index in [1.165, 1.54) is 58.2 Å². The molecule has 2 aromatic heterocycles. The molecule has 9 aromatic carbocycles. The van der Waals surface area contributed by atoms with E-state index in [1.807, 2.05) is 11.3 Å². The van der Waals surface area contributed by atoms with Gasteiger partial charge in [-0.25, -0.2) is 0 Å². The highest BCUT2D eigenvalue weighted by molar-refractivity contribution is 7.25. The Labute approximate surface area is 298 Å². The molecule has 0 bridgehead atoms. The van der Waals surface area contributed by atoms with Crippen LogP contribution >= 0.6 is 11.3 Å². The van der Waals surface area contributed by atoms with Crippen LogP contribution in [0.1, 0.15) is 0 Å². The van der Waals surface area contributed by atoms with Gasteiger partial charge in [-0.15, -0.1) is 11.3 Å². The lowest BCUT2D eigenvalue weighted by Crippen LogP contribution is -2.10. The van der Waals surface area contributed by atoms with Crippen LogP contribution in [0.4, 0.5) is 17.1 Å². The first-order valence-electron chi connectivity index (χ1n) is 17.3. The molecule has 0 saturated heterocycles. The summed E-state index contributed by atoms with van der Waals surface area (Å²) < 4.78 is 9.23. The van der Waals surface area contributed by atoms with Crippen molar-refractivity contribution in [1.29, 1.82) is 0 Å². The Morgan fingerprint density at radius 3 is 1.90 bits per heavy atom.